The van der Waals surface area contributed by atoms with Crippen LogP contribution in [0.4, 0.5) is 0 Å². The third-order valence-electron chi connectivity index (χ3n) is 10.3. The van der Waals surface area contributed by atoms with Crippen molar-refractivity contribution in [3.63, 3.8) is 0 Å². The Kier molecular flexibility index (Phi) is 14.1. The predicted octanol–water partition coefficient (Wildman–Crippen LogP) is 2.84. The molecule has 2 saturated carbocycles. The van der Waals surface area contributed by atoms with Gasteiger partial charge in [-0.05, 0) is 62.7 Å². The molecule has 4 rings (SSSR count). The molecule has 2 aliphatic carbocycles. The molecule has 49 heavy (non-hydrogen) atoms. The van der Waals surface area contributed by atoms with Gasteiger partial charge in [-0.25, -0.2) is 4.98 Å². The lowest BCUT2D eigenvalue weighted by Gasteiger charge is -2.35. The second kappa shape index (κ2) is 18.2. The maximum Gasteiger partial charge on any atom is 0.289 e. The quantitative estimate of drug-likeness (QED) is 0.181. The number of Topliss-reactive ketones (excluding diaryl/α,β-unsaturated/α-hetero) is 1. The standard InChI is InChI=1S/C36H55N7O6/c1-5-11-24-17-20-43(30(24)34(47)40-26(12-6-2)31(44)35(48)39-25-15-16-25)36(49)28(22(4)7-3)41-33(46)29(23-13-9-8-10-14-23)42-32(45)27-21-37-18-19-38-27/h18-19,21-26,28-30H,5-17,20H2,1-4H3,(H,39,48)(H,40,47)(H,41,46)(H,42,45)/t22-,24?,26+,28+,29+,30+/m1/s1. The monoisotopic (exact) mass is 681 g/mol. The van der Waals surface area contributed by atoms with Gasteiger partial charge in [0, 0.05) is 25.0 Å². The van der Waals surface area contributed by atoms with Crippen molar-refractivity contribution in [2.24, 2.45) is 17.8 Å². The minimum Gasteiger partial charge on any atom is -0.347 e. The number of nitrogens with zero attached hydrogens (tertiary/aromatic N) is 3. The fourth-order valence-corrected chi connectivity index (χ4v) is 7.19. The molecule has 4 N–H and O–H groups in total. The maximum atomic E-state index is 14.5. The molecule has 13 nitrogen and oxygen atoms in total. The summed E-state index contributed by atoms with van der Waals surface area (Å²) in [5.41, 5.74) is 0.100. The Hall–Kier alpha value is -3.90. The molecule has 1 aliphatic heterocycles. The summed E-state index contributed by atoms with van der Waals surface area (Å²) in [5.74, 6) is -3.65. The van der Waals surface area contributed by atoms with Crippen LogP contribution < -0.4 is 21.3 Å². The Morgan fingerprint density at radius 3 is 2.24 bits per heavy atom. The van der Waals surface area contributed by atoms with Gasteiger partial charge < -0.3 is 26.2 Å². The van der Waals surface area contributed by atoms with Gasteiger partial charge in [0.05, 0.1) is 12.2 Å². The number of carbonyl (C=O) groups is 6. The van der Waals surface area contributed by atoms with E-state index in [4.69, 9.17) is 0 Å². The number of ketones is 1. The number of aromatic nitrogens is 2. The zero-order chi connectivity index (χ0) is 35.5. The molecule has 1 unspecified atom stereocenters. The second-order valence-electron chi connectivity index (χ2n) is 14.1. The van der Waals surface area contributed by atoms with Gasteiger partial charge in [-0.1, -0.05) is 66.2 Å². The molecule has 13 heteroatoms. The largest absolute Gasteiger partial charge is 0.347 e. The number of hydrogen-bond donors (Lipinski definition) is 4. The molecular formula is C36H55N7O6. The van der Waals surface area contributed by atoms with E-state index in [1.165, 1.54) is 18.6 Å². The van der Waals surface area contributed by atoms with Gasteiger partial charge in [0.25, 0.3) is 11.8 Å². The van der Waals surface area contributed by atoms with Gasteiger partial charge in [0.15, 0.2) is 0 Å². The van der Waals surface area contributed by atoms with Crippen molar-refractivity contribution in [2.45, 2.75) is 141 Å². The van der Waals surface area contributed by atoms with E-state index in [9.17, 15) is 28.8 Å². The van der Waals surface area contributed by atoms with E-state index in [1.807, 2.05) is 27.7 Å². The van der Waals surface area contributed by atoms with Crippen LogP contribution in [0.2, 0.25) is 0 Å². The first-order valence-electron chi connectivity index (χ1n) is 18.4. The first kappa shape index (κ1) is 37.9. The van der Waals surface area contributed by atoms with Crippen molar-refractivity contribution < 1.29 is 28.8 Å². The topological polar surface area (TPSA) is 180 Å². The molecule has 0 radical (unpaired) electrons. The molecule has 0 spiro atoms. The number of rotatable bonds is 17. The van der Waals surface area contributed by atoms with Crippen LogP contribution >= 0.6 is 0 Å². The Bertz CT molecular complexity index is 1320. The second-order valence-corrected chi connectivity index (χ2v) is 14.1. The minimum atomic E-state index is -0.990. The van der Waals surface area contributed by atoms with Crippen molar-refractivity contribution >= 4 is 35.3 Å². The predicted molar refractivity (Wildman–Crippen MR) is 183 cm³/mol. The normalized spacial score (nSPS) is 21.9. The van der Waals surface area contributed by atoms with Crippen LogP contribution in [0.15, 0.2) is 18.6 Å². The van der Waals surface area contributed by atoms with E-state index < -0.39 is 53.6 Å². The maximum absolute atomic E-state index is 14.5. The van der Waals surface area contributed by atoms with Crippen molar-refractivity contribution in [3.05, 3.63) is 24.3 Å². The van der Waals surface area contributed by atoms with Crippen LogP contribution in [0.5, 0.6) is 0 Å². The van der Waals surface area contributed by atoms with Crippen LogP contribution in [0.1, 0.15) is 122 Å². The summed E-state index contributed by atoms with van der Waals surface area (Å²) < 4.78 is 0. The van der Waals surface area contributed by atoms with E-state index in [1.54, 1.807) is 4.90 Å². The summed E-state index contributed by atoms with van der Waals surface area (Å²) in [4.78, 5) is 91.1. The molecule has 3 aliphatic rings. The van der Waals surface area contributed by atoms with E-state index in [0.717, 1.165) is 51.4 Å². The van der Waals surface area contributed by atoms with Crippen LogP contribution in [0, 0.1) is 17.8 Å². The Morgan fingerprint density at radius 2 is 1.63 bits per heavy atom. The number of carbonyl (C=O) groups excluding carboxylic acids is 6. The summed E-state index contributed by atoms with van der Waals surface area (Å²) in [6.07, 6.45) is 14.0. The fourth-order valence-electron chi connectivity index (χ4n) is 7.19. The van der Waals surface area contributed by atoms with Crippen molar-refractivity contribution in [2.75, 3.05) is 6.54 Å². The molecule has 1 aromatic heterocycles. The number of nitrogens with one attached hydrogen (secondary N) is 4. The fraction of sp³-hybridized carbons (Fsp3) is 0.722. The summed E-state index contributed by atoms with van der Waals surface area (Å²) in [5, 5.41) is 11.4. The summed E-state index contributed by atoms with van der Waals surface area (Å²) >= 11 is 0. The van der Waals surface area contributed by atoms with Gasteiger partial charge in [0.2, 0.25) is 23.5 Å². The van der Waals surface area contributed by atoms with Crippen molar-refractivity contribution in [1.82, 2.24) is 36.1 Å². The average molecular weight is 682 g/mol. The van der Waals surface area contributed by atoms with E-state index in [2.05, 4.69) is 31.2 Å². The highest BCUT2D eigenvalue weighted by Crippen LogP contribution is 2.31. The highest BCUT2D eigenvalue weighted by atomic mass is 16.2. The van der Waals surface area contributed by atoms with Gasteiger partial charge >= 0.3 is 0 Å². The molecule has 2 heterocycles. The van der Waals surface area contributed by atoms with E-state index >= 15 is 0 Å². The third kappa shape index (κ3) is 10.1. The first-order chi connectivity index (χ1) is 23.6. The summed E-state index contributed by atoms with van der Waals surface area (Å²) in [6, 6.07) is -3.64. The lowest BCUT2D eigenvalue weighted by atomic mass is 9.83. The molecular weight excluding hydrogens is 626 g/mol. The Balaban J connectivity index is 1.55. The van der Waals surface area contributed by atoms with E-state index in [0.29, 0.717) is 38.6 Å². The van der Waals surface area contributed by atoms with Crippen LogP contribution in [-0.4, -0.2) is 86.9 Å². The molecule has 0 aromatic carbocycles. The Morgan fingerprint density at radius 1 is 0.898 bits per heavy atom. The van der Waals surface area contributed by atoms with Crippen molar-refractivity contribution in [3.8, 4) is 0 Å². The molecule has 3 fully saturated rings. The smallest absolute Gasteiger partial charge is 0.289 e. The zero-order valence-electron chi connectivity index (χ0n) is 29.5. The number of likely N-dealkylation sites (tertiary alicyclic amines) is 1. The first-order valence-corrected chi connectivity index (χ1v) is 18.4. The van der Waals surface area contributed by atoms with Crippen LogP contribution in [0.25, 0.3) is 0 Å². The van der Waals surface area contributed by atoms with Crippen LogP contribution in [0.3, 0.4) is 0 Å². The minimum absolute atomic E-state index is 0.0112. The molecule has 5 amide bonds. The molecule has 0 bridgehead atoms. The zero-order valence-corrected chi connectivity index (χ0v) is 29.5. The lowest BCUT2D eigenvalue weighted by molar-refractivity contribution is -0.145. The van der Waals surface area contributed by atoms with Gasteiger partial charge in [-0.15, -0.1) is 0 Å². The van der Waals surface area contributed by atoms with Crippen LogP contribution in [-0.2, 0) is 24.0 Å². The van der Waals surface area contributed by atoms with E-state index in [-0.39, 0.29) is 35.4 Å². The highest BCUT2D eigenvalue weighted by Gasteiger charge is 2.46. The Labute approximate surface area is 289 Å². The molecule has 1 aromatic rings. The summed E-state index contributed by atoms with van der Waals surface area (Å²) in [7, 11) is 0. The number of hydrogen-bond acceptors (Lipinski definition) is 8. The number of amides is 5. The SMILES string of the molecule is CCCC1CCN(C(=O)[C@@H](NC(=O)[C@@H](NC(=O)c2cnccn2)C2CCCCC2)[C@H](C)CC)[C@@H]1C(=O)N[C@@H](CCC)C(=O)C(=O)NC1CC1. The van der Waals surface area contributed by atoms with Crippen molar-refractivity contribution in [1.29, 1.82) is 0 Å². The summed E-state index contributed by atoms with van der Waals surface area (Å²) in [6.45, 7) is 8.06. The van der Waals surface area contributed by atoms with Gasteiger partial charge in [-0.2, -0.15) is 0 Å². The third-order valence-corrected chi connectivity index (χ3v) is 10.3. The average Bonchev–Trinajstić information content (AvgIpc) is 3.84. The lowest BCUT2D eigenvalue weighted by Crippen LogP contribution is -2.61. The highest BCUT2D eigenvalue weighted by molar-refractivity contribution is 6.38. The van der Waals surface area contributed by atoms with Gasteiger partial charge in [0.1, 0.15) is 23.8 Å². The molecule has 270 valence electrons. The van der Waals surface area contributed by atoms with Gasteiger partial charge in [-0.3, -0.25) is 33.8 Å². The molecule has 6 atom stereocenters. The molecule has 1 saturated heterocycles.